The van der Waals surface area contributed by atoms with Crippen molar-refractivity contribution in [3.8, 4) is 0 Å². The number of aliphatic carboxylic acids is 1. The Morgan fingerprint density at radius 3 is 2.26 bits per heavy atom. The van der Waals surface area contributed by atoms with Crippen LogP contribution >= 0.6 is 0 Å². The third-order valence-electron chi connectivity index (χ3n) is 2.82. The second kappa shape index (κ2) is 5.47. The summed E-state index contributed by atoms with van der Waals surface area (Å²) in [5.41, 5.74) is -0.796. The first-order valence-corrected chi connectivity index (χ1v) is 5.83. The quantitative estimate of drug-likeness (QED) is 0.835. The summed E-state index contributed by atoms with van der Waals surface area (Å²) in [4.78, 5) is 22.6. The molecule has 0 radical (unpaired) electrons. The van der Waals surface area contributed by atoms with E-state index >= 15 is 0 Å². The molecule has 0 bridgehead atoms. The highest BCUT2D eigenvalue weighted by Gasteiger charge is 2.27. The minimum absolute atomic E-state index is 0.110. The van der Waals surface area contributed by atoms with E-state index < -0.39 is 28.8 Å². The van der Waals surface area contributed by atoms with Crippen LogP contribution in [0.2, 0.25) is 0 Å². The van der Waals surface area contributed by atoms with Crippen molar-refractivity contribution in [1.29, 1.82) is 0 Å². The predicted octanol–water partition coefficient (Wildman–Crippen LogP) is 3.35. The molecule has 3 nitrogen and oxygen atoms in total. The Labute approximate surface area is 110 Å². The molecule has 1 aromatic carbocycles. The molecule has 1 rings (SSSR count). The van der Waals surface area contributed by atoms with Crippen molar-refractivity contribution in [3.63, 3.8) is 0 Å². The molecular weight excluding hydrogens is 254 g/mol. The molecule has 0 aromatic heterocycles. The molecule has 0 spiro atoms. The van der Waals surface area contributed by atoms with Gasteiger partial charge in [0.1, 0.15) is 11.6 Å². The molecule has 0 fully saturated rings. The number of carbonyl (C=O) groups excluding carboxylic acids is 1. The van der Waals surface area contributed by atoms with Gasteiger partial charge in [0.05, 0.1) is 12.0 Å². The number of Topliss-reactive ketones (excluding diaryl/α,β-unsaturated/α-hetero) is 1. The Hall–Kier alpha value is -1.78. The van der Waals surface area contributed by atoms with E-state index in [9.17, 15) is 18.4 Å². The molecule has 0 heterocycles. The fraction of sp³-hybridized carbons (Fsp3) is 0.429. The largest absolute Gasteiger partial charge is 0.481 e. The summed E-state index contributed by atoms with van der Waals surface area (Å²) in [7, 11) is 0. The number of ketones is 1. The van der Waals surface area contributed by atoms with Crippen molar-refractivity contribution in [2.75, 3.05) is 0 Å². The zero-order valence-corrected chi connectivity index (χ0v) is 11.1. The normalized spacial score (nSPS) is 11.4. The van der Waals surface area contributed by atoms with Gasteiger partial charge in [-0.2, -0.15) is 0 Å². The van der Waals surface area contributed by atoms with Gasteiger partial charge in [-0.3, -0.25) is 9.59 Å². The number of rotatable bonds is 5. The first-order chi connectivity index (χ1) is 8.62. The van der Waals surface area contributed by atoms with Gasteiger partial charge in [-0.05, 0) is 24.0 Å². The molecule has 0 unspecified atom stereocenters. The van der Waals surface area contributed by atoms with Crippen LogP contribution in [0.15, 0.2) is 12.1 Å². The maximum absolute atomic E-state index is 13.5. The molecule has 19 heavy (non-hydrogen) atoms. The van der Waals surface area contributed by atoms with E-state index in [2.05, 4.69) is 0 Å². The Morgan fingerprint density at radius 1 is 1.16 bits per heavy atom. The highest BCUT2D eigenvalue weighted by Crippen LogP contribution is 2.28. The molecule has 5 heteroatoms. The zero-order chi connectivity index (χ0) is 14.8. The standard InChI is InChI=1S/C14H16F2O3/c1-8-4-9(11(16)5-10(8)15)12(17)6-14(2,3)7-13(18)19/h4-5H,6-7H2,1-3H3,(H,18,19). The van der Waals surface area contributed by atoms with E-state index in [-0.39, 0.29) is 24.0 Å². The highest BCUT2D eigenvalue weighted by molar-refractivity contribution is 5.97. The Bertz CT molecular complexity index is 522. The van der Waals surface area contributed by atoms with Crippen molar-refractivity contribution >= 4 is 11.8 Å². The molecule has 0 atom stereocenters. The topological polar surface area (TPSA) is 54.4 Å². The number of hydrogen-bond acceptors (Lipinski definition) is 2. The summed E-state index contributed by atoms with van der Waals surface area (Å²) in [5, 5.41) is 8.73. The average molecular weight is 270 g/mol. The lowest BCUT2D eigenvalue weighted by Gasteiger charge is -2.21. The number of carboxylic acid groups (broad SMARTS) is 1. The summed E-state index contributed by atoms with van der Waals surface area (Å²) >= 11 is 0. The van der Waals surface area contributed by atoms with Gasteiger partial charge in [0.25, 0.3) is 0 Å². The van der Waals surface area contributed by atoms with Crippen LogP contribution in [0.1, 0.15) is 42.6 Å². The summed E-state index contributed by atoms with van der Waals surface area (Å²) in [6, 6.07) is 1.83. The molecule has 0 saturated heterocycles. The second-order valence-corrected chi connectivity index (χ2v) is 5.42. The molecule has 1 aromatic rings. The Morgan fingerprint density at radius 2 is 1.74 bits per heavy atom. The van der Waals surface area contributed by atoms with Gasteiger partial charge < -0.3 is 5.11 Å². The molecule has 0 amide bonds. The first-order valence-electron chi connectivity index (χ1n) is 5.83. The van der Waals surface area contributed by atoms with Crippen LogP contribution in [0.3, 0.4) is 0 Å². The van der Waals surface area contributed by atoms with Gasteiger partial charge in [0.15, 0.2) is 5.78 Å². The van der Waals surface area contributed by atoms with Gasteiger partial charge in [-0.25, -0.2) is 8.78 Å². The monoisotopic (exact) mass is 270 g/mol. The first kappa shape index (κ1) is 15.3. The minimum atomic E-state index is -1.02. The molecular formula is C14H16F2O3. The van der Waals surface area contributed by atoms with Crippen LogP contribution in [-0.2, 0) is 4.79 Å². The SMILES string of the molecule is Cc1cc(C(=O)CC(C)(C)CC(=O)O)c(F)cc1F. The molecule has 0 saturated carbocycles. The Kier molecular flexibility index (Phi) is 4.39. The number of carboxylic acids is 1. The molecule has 104 valence electrons. The van der Waals surface area contributed by atoms with E-state index in [4.69, 9.17) is 5.11 Å². The molecule has 0 aliphatic rings. The number of halogens is 2. The fourth-order valence-electron chi connectivity index (χ4n) is 1.87. The van der Waals surface area contributed by atoms with Crippen LogP contribution < -0.4 is 0 Å². The average Bonchev–Trinajstić information content (AvgIpc) is 2.20. The third-order valence-corrected chi connectivity index (χ3v) is 2.82. The summed E-state index contributed by atoms with van der Waals surface area (Å²) in [6.45, 7) is 4.68. The van der Waals surface area contributed by atoms with Crippen molar-refractivity contribution in [2.45, 2.75) is 33.6 Å². The van der Waals surface area contributed by atoms with Crippen LogP contribution in [0, 0.1) is 24.0 Å². The summed E-state index contributed by atoms with van der Waals surface area (Å²) < 4.78 is 26.6. The lowest BCUT2D eigenvalue weighted by Crippen LogP contribution is -2.21. The zero-order valence-electron chi connectivity index (χ0n) is 11.1. The van der Waals surface area contributed by atoms with Crippen molar-refractivity contribution in [1.82, 2.24) is 0 Å². The number of aryl methyl sites for hydroxylation is 1. The van der Waals surface area contributed by atoms with Gasteiger partial charge in [-0.15, -0.1) is 0 Å². The van der Waals surface area contributed by atoms with E-state index in [0.29, 0.717) is 6.07 Å². The van der Waals surface area contributed by atoms with Crippen LogP contribution in [0.5, 0.6) is 0 Å². The summed E-state index contributed by atoms with van der Waals surface area (Å²) in [5.74, 6) is -3.17. The predicted molar refractivity (Wildman–Crippen MR) is 66.1 cm³/mol. The van der Waals surface area contributed by atoms with E-state index in [1.165, 1.54) is 6.92 Å². The van der Waals surface area contributed by atoms with Crippen LogP contribution in [-0.4, -0.2) is 16.9 Å². The smallest absolute Gasteiger partial charge is 0.303 e. The van der Waals surface area contributed by atoms with Crippen LogP contribution in [0.4, 0.5) is 8.78 Å². The third kappa shape index (κ3) is 4.12. The number of hydrogen-bond donors (Lipinski definition) is 1. The van der Waals surface area contributed by atoms with E-state index in [0.717, 1.165) is 6.07 Å². The second-order valence-electron chi connectivity index (χ2n) is 5.42. The van der Waals surface area contributed by atoms with E-state index in [1.54, 1.807) is 13.8 Å². The number of carbonyl (C=O) groups is 2. The van der Waals surface area contributed by atoms with Gasteiger partial charge >= 0.3 is 5.97 Å². The molecule has 0 aliphatic carbocycles. The van der Waals surface area contributed by atoms with Gasteiger partial charge in [0.2, 0.25) is 0 Å². The Balaban J connectivity index is 2.96. The minimum Gasteiger partial charge on any atom is -0.481 e. The lowest BCUT2D eigenvalue weighted by atomic mass is 9.82. The lowest BCUT2D eigenvalue weighted by molar-refractivity contribution is -0.139. The van der Waals surface area contributed by atoms with Crippen molar-refractivity contribution < 1.29 is 23.5 Å². The molecule has 0 aliphatic heterocycles. The van der Waals surface area contributed by atoms with Crippen molar-refractivity contribution in [2.24, 2.45) is 5.41 Å². The fourth-order valence-corrected chi connectivity index (χ4v) is 1.87. The maximum Gasteiger partial charge on any atom is 0.303 e. The van der Waals surface area contributed by atoms with Gasteiger partial charge in [-0.1, -0.05) is 13.8 Å². The molecule has 1 N–H and O–H groups in total. The summed E-state index contributed by atoms with van der Waals surface area (Å²) in [6.07, 6.45) is -0.304. The number of benzene rings is 1. The van der Waals surface area contributed by atoms with Gasteiger partial charge in [0, 0.05) is 12.5 Å². The van der Waals surface area contributed by atoms with Crippen LogP contribution in [0.25, 0.3) is 0 Å². The van der Waals surface area contributed by atoms with Crippen molar-refractivity contribution in [3.05, 3.63) is 34.9 Å². The highest BCUT2D eigenvalue weighted by atomic mass is 19.1. The van der Waals surface area contributed by atoms with E-state index in [1.807, 2.05) is 0 Å². The maximum atomic E-state index is 13.5.